The van der Waals surface area contributed by atoms with Crippen molar-refractivity contribution in [3.05, 3.63) is 29.6 Å². The van der Waals surface area contributed by atoms with E-state index < -0.39 is 29.1 Å². The molecule has 26 heavy (non-hydrogen) atoms. The van der Waals surface area contributed by atoms with E-state index >= 15 is 0 Å². The molecule has 1 heterocycles. The SMILES string of the molecule is CN(CC(=O)c1ccc(CC2(C(F)(F)F)CC2)cn1)C(=O)OC(C)(C)C. The molecular weight excluding hydrogens is 349 g/mol. The van der Waals surface area contributed by atoms with Crippen molar-refractivity contribution in [2.75, 3.05) is 13.6 Å². The number of alkyl halides is 3. The van der Waals surface area contributed by atoms with Gasteiger partial charge in [0.15, 0.2) is 0 Å². The summed E-state index contributed by atoms with van der Waals surface area (Å²) in [5.74, 6) is -0.415. The molecule has 0 atom stereocenters. The highest BCUT2D eigenvalue weighted by Crippen LogP contribution is 2.59. The minimum absolute atomic E-state index is 0.0982. The van der Waals surface area contributed by atoms with Crippen molar-refractivity contribution in [2.24, 2.45) is 5.41 Å². The molecule has 144 valence electrons. The van der Waals surface area contributed by atoms with Gasteiger partial charge in [-0.15, -0.1) is 0 Å². The number of hydrogen-bond donors (Lipinski definition) is 0. The van der Waals surface area contributed by atoms with Crippen molar-refractivity contribution in [1.82, 2.24) is 9.88 Å². The summed E-state index contributed by atoms with van der Waals surface area (Å²) >= 11 is 0. The Balaban J connectivity index is 1.96. The van der Waals surface area contributed by atoms with Crippen LogP contribution >= 0.6 is 0 Å². The molecule has 0 aromatic carbocycles. The first-order valence-corrected chi connectivity index (χ1v) is 8.32. The highest BCUT2D eigenvalue weighted by atomic mass is 19.4. The lowest BCUT2D eigenvalue weighted by Crippen LogP contribution is -2.37. The quantitative estimate of drug-likeness (QED) is 0.733. The van der Waals surface area contributed by atoms with Gasteiger partial charge in [0.2, 0.25) is 5.78 Å². The van der Waals surface area contributed by atoms with Crippen LogP contribution in [0.25, 0.3) is 0 Å². The number of ether oxygens (including phenoxy) is 1. The minimum Gasteiger partial charge on any atom is -0.444 e. The second-order valence-electron chi connectivity index (χ2n) is 7.77. The normalized spacial score (nSPS) is 16.1. The Labute approximate surface area is 150 Å². The molecular formula is C18H23F3N2O3. The minimum atomic E-state index is -4.22. The Morgan fingerprint density at radius 3 is 2.27 bits per heavy atom. The van der Waals surface area contributed by atoms with Crippen LogP contribution in [-0.2, 0) is 11.2 Å². The van der Waals surface area contributed by atoms with E-state index in [1.54, 1.807) is 20.8 Å². The molecule has 1 aromatic rings. The summed E-state index contributed by atoms with van der Waals surface area (Å²) in [6.07, 6.45) is -3.45. The predicted octanol–water partition coefficient (Wildman–Crippen LogP) is 4.02. The van der Waals surface area contributed by atoms with Crippen molar-refractivity contribution in [3.8, 4) is 0 Å². The molecule has 1 aliphatic rings. The number of aromatic nitrogens is 1. The fourth-order valence-corrected chi connectivity index (χ4v) is 2.50. The zero-order chi connectivity index (χ0) is 19.8. The molecule has 0 N–H and O–H groups in total. The Bertz CT molecular complexity index is 674. The predicted molar refractivity (Wildman–Crippen MR) is 88.9 cm³/mol. The number of hydrogen-bond acceptors (Lipinski definition) is 4. The number of rotatable bonds is 5. The molecule has 1 saturated carbocycles. The van der Waals surface area contributed by atoms with E-state index in [2.05, 4.69) is 4.98 Å². The van der Waals surface area contributed by atoms with E-state index in [-0.39, 0.29) is 31.5 Å². The van der Waals surface area contributed by atoms with Gasteiger partial charge in [-0.2, -0.15) is 13.2 Å². The van der Waals surface area contributed by atoms with Crippen LogP contribution in [0, 0.1) is 5.41 Å². The van der Waals surface area contributed by atoms with Crippen LogP contribution in [0.2, 0.25) is 0 Å². The average Bonchev–Trinajstić information content (AvgIpc) is 3.26. The first kappa shape index (κ1) is 20.2. The molecule has 0 aliphatic heterocycles. The molecule has 1 aliphatic carbocycles. The van der Waals surface area contributed by atoms with E-state index in [1.165, 1.54) is 25.4 Å². The molecule has 0 saturated heterocycles. The molecule has 2 rings (SSSR count). The number of Topliss-reactive ketones (excluding diaryl/α,β-unsaturated/α-hetero) is 1. The third-order valence-electron chi connectivity index (χ3n) is 4.19. The first-order valence-electron chi connectivity index (χ1n) is 8.32. The molecule has 1 amide bonds. The maximum Gasteiger partial charge on any atom is 0.410 e. The largest absolute Gasteiger partial charge is 0.444 e. The zero-order valence-corrected chi connectivity index (χ0v) is 15.3. The third-order valence-corrected chi connectivity index (χ3v) is 4.19. The van der Waals surface area contributed by atoms with Gasteiger partial charge in [-0.3, -0.25) is 9.78 Å². The van der Waals surface area contributed by atoms with Gasteiger partial charge in [0.05, 0.1) is 12.0 Å². The highest BCUT2D eigenvalue weighted by Gasteiger charge is 2.62. The van der Waals surface area contributed by atoms with E-state index in [0.717, 1.165) is 4.90 Å². The number of carbonyl (C=O) groups is 2. The van der Waals surface area contributed by atoms with Gasteiger partial charge in [0, 0.05) is 13.2 Å². The summed E-state index contributed by atoms with van der Waals surface area (Å²) in [7, 11) is 1.43. The summed E-state index contributed by atoms with van der Waals surface area (Å²) in [6, 6.07) is 2.88. The van der Waals surface area contributed by atoms with Crippen LogP contribution in [0.4, 0.5) is 18.0 Å². The number of halogens is 3. The Morgan fingerprint density at radius 1 is 1.23 bits per heavy atom. The number of ketones is 1. The second kappa shape index (κ2) is 6.89. The van der Waals surface area contributed by atoms with Crippen molar-refractivity contribution < 1.29 is 27.5 Å². The molecule has 0 unspecified atom stereocenters. The Hall–Kier alpha value is -2.12. The van der Waals surface area contributed by atoms with Crippen molar-refractivity contribution in [2.45, 2.75) is 51.8 Å². The molecule has 5 nitrogen and oxygen atoms in total. The van der Waals surface area contributed by atoms with Gasteiger partial charge in [-0.25, -0.2) is 4.79 Å². The molecule has 8 heteroatoms. The van der Waals surface area contributed by atoms with E-state index in [4.69, 9.17) is 4.74 Å². The van der Waals surface area contributed by atoms with Crippen molar-refractivity contribution in [1.29, 1.82) is 0 Å². The van der Waals surface area contributed by atoms with Crippen LogP contribution in [-0.4, -0.2) is 47.1 Å². The number of pyridine rings is 1. The topological polar surface area (TPSA) is 59.5 Å². The lowest BCUT2D eigenvalue weighted by atomic mass is 9.97. The zero-order valence-electron chi connectivity index (χ0n) is 15.3. The Kier molecular flexibility index (Phi) is 5.35. The maximum atomic E-state index is 13.0. The smallest absolute Gasteiger partial charge is 0.410 e. The molecule has 1 fully saturated rings. The molecule has 1 aromatic heterocycles. The fourth-order valence-electron chi connectivity index (χ4n) is 2.50. The summed E-state index contributed by atoms with van der Waals surface area (Å²) in [5.41, 5.74) is -1.78. The lowest BCUT2D eigenvalue weighted by Gasteiger charge is -2.24. The summed E-state index contributed by atoms with van der Waals surface area (Å²) in [6.45, 7) is 4.92. The number of carbonyl (C=O) groups excluding carboxylic acids is 2. The Morgan fingerprint density at radius 2 is 1.85 bits per heavy atom. The average molecular weight is 372 g/mol. The summed E-state index contributed by atoms with van der Waals surface area (Å²) in [4.78, 5) is 29.2. The van der Waals surface area contributed by atoms with Crippen molar-refractivity contribution in [3.63, 3.8) is 0 Å². The number of likely N-dealkylation sites (N-methyl/N-ethyl adjacent to an activating group) is 1. The fraction of sp³-hybridized carbons (Fsp3) is 0.611. The van der Waals surface area contributed by atoms with Gasteiger partial charge in [0.25, 0.3) is 0 Å². The van der Waals surface area contributed by atoms with E-state index in [9.17, 15) is 22.8 Å². The van der Waals surface area contributed by atoms with Crippen LogP contribution in [0.1, 0.15) is 49.7 Å². The van der Waals surface area contributed by atoms with E-state index in [0.29, 0.717) is 5.56 Å². The summed E-state index contributed by atoms with van der Waals surface area (Å²) < 4.78 is 44.2. The second-order valence-corrected chi connectivity index (χ2v) is 7.77. The third kappa shape index (κ3) is 4.95. The first-order chi connectivity index (χ1) is 11.8. The lowest BCUT2D eigenvalue weighted by molar-refractivity contribution is -0.186. The highest BCUT2D eigenvalue weighted by molar-refractivity contribution is 5.97. The molecule has 0 radical (unpaired) electrons. The van der Waals surface area contributed by atoms with Gasteiger partial charge in [-0.1, -0.05) is 6.07 Å². The summed E-state index contributed by atoms with van der Waals surface area (Å²) in [5, 5.41) is 0. The standard InChI is InChI=1S/C18H23F3N2O3/c1-16(2,3)26-15(25)23(4)11-14(24)13-6-5-12(10-22-13)9-17(7-8-17)18(19,20)21/h5-6,10H,7-9,11H2,1-4H3. The molecule has 0 bridgehead atoms. The number of amides is 1. The van der Waals surface area contributed by atoms with Crippen LogP contribution in [0.15, 0.2) is 18.3 Å². The van der Waals surface area contributed by atoms with Gasteiger partial charge in [0.1, 0.15) is 11.3 Å². The number of nitrogens with zero attached hydrogens (tertiary/aromatic N) is 2. The molecule has 0 spiro atoms. The van der Waals surface area contributed by atoms with Crippen LogP contribution < -0.4 is 0 Å². The van der Waals surface area contributed by atoms with Gasteiger partial charge >= 0.3 is 12.3 Å². The van der Waals surface area contributed by atoms with Crippen LogP contribution in [0.3, 0.4) is 0 Å². The monoisotopic (exact) mass is 372 g/mol. The van der Waals surface area contributed by atoms with E-state index in [1.807, 2.05) is 0 Å². The van der Waals surface area contributed by atoms with Gasteiger partial charge < -0.3 is 9.64 Å². The van der Waals surface area contributed by atoms with Crippen molar-refractivity contribution >= 4 is 11.9 Å². The van der Waals surface area contributed by atoms with Gasteiger partial charge in [-0.05, 0) is 51.7 Å². The maximum absolute atomic E-state index is 13.0. The van der Waals surface area contributed by atoms with Crippen LogP contribution in [0.5, 0.6) is 0 Å².